The fourth-order valence-electron chi connectivity index (χ4n) is 4.13. The Hall–Kier alpha value is -3.10. The van der Waals surface area contributed by atoms with Crippen molar-refractivity contribution in [1.29, 1.82) is 0 Å². The number of aliphatic imine (C=N–C) groups is 1. The predicted octanol–water partition coefficient (Wildman–Crippen LogP) is 2.62. The van der Waals surface area contributed by atoms with Gasteiger partial charge < -0.3 is 14.8 Å². The first-order valence-corrected chi connectivity index (χ1v) is 10.2. The molecule has 2 aliphatic heterocycles. The van der Waals surface area contributed by atoms with Crippen molar-refractivity contribution in [2.75, 3.05) is 45.6 Å². The molecule has 0 amide bonds. The molecule has 0 saturated heterocycles. The van der Waals surface area contributed by atoms with Gasteiger partial charge in [0.25, 0.3) is 0 Å². The summed E-state index contributed by atoms with van der Waals surface area (Å²) in [4.78, 5) is 14.3. The number of guanidine groups is 1. The van der Waals surface area contributed by atoms with Crippen molar-refractivity contribution < 1.29 is 9.47 Å². The Labute approximate surface area is 175 Å². The lowest BCUT2D eigenvalue weighted by Gasteiger charge is -2.41. The molecule has 1 N–H and O–H groups in total. The fourth-order valence-corrected chi connectivity index (χ4v) is 4.13. The molecule has 1 aromatic heterocycles. The number of benzene rings is 2. The lowest BCUT2D eigenvalue weighted by Crippen LogP contribution is -2.57. The van der Waals surface area contributed by atoms with Gasteiger partial charge in [0.1, 0.15) is 11.9 Å². The van der Waals surface area contributed by atoms with E-state index in [1.54, 1.807) is 14.2 Å². The number of ether oxygens (including phenoxy) is 2. The van der Waals surface area contributed by atoms with Crippen molar-refractivity contribution in [2.45, 2.75) is 12.6 Å². The highest BCUT2D eigenvalue weighted by molar-refractivity contribution is 5.98. The summed E-state index contributed by atoms with van der Waals surface area (Å²) in [5.41, 5.74) is 3.16. The van der Waals surface area contributed by atoms with Crippen molar-refractivity contribution in [3.05, 3.63) is 54.1 Å². The summed E-state index contributed by atoms with van der Waals surface area (Å²) in [7, 11) is 3.43. The fraction of sp³-hybridized carbons (Fsp3) is 0.364. The topological polar surface area (TPSA) is 67.2 Å². The van der Waals surface area contributed by atoms with Gasteiger partial charge in [-0.05, 0) is 36.2 Å². The molecule has 0 fully saturated rings. The number of fused-ring (bicyclic) bond motifs is 5. The Morgan fingerprint density at radius 2 is 2.03 bits per heavy atom. The van der Waals surface area contributed by atoms with Crippen molar-refractivity contribution in [3.63, 3.8) is 0 Å². The van der Waals surface area contributed by atoms with Crippen molar-refractivity contribution >= 4 is 22.9 Å². The summed E-state index contributed by atoms with van der Waals surface area (Å²) in [6.45, 7) is 3.08. The zero-order valence-corrected chi connectivity index (χ0v) is 17.3. The molecular formula is C22H26N6O2. The van der Waals surface area contributed by atoms with Crippen LogP contribution in [0, 0.1) is 0 Å². The van der Waals surface area contributed by atoms with E-state index in [2.05, 4.69) is 50.0 Å². The van der Waals surface area contributed by atoms with E-state index in [4.69, 9.17) is 19.5 Å². The number of methoxy groups -OCH3 is 2. The maximum atomic E-state index is 5.46. The number of rotatable bonds is 6. The van der Waals surface area contributed by atoms with Crippen molar-refractivity contribution in [1.82, 2.24) is 19.8 Å². The van der Waals surface area contributed by atoms with Crippen LogP contribution in [0.1, 0.15) is 18.2 Å². The van der Waals surface area contributed by atoms with Crippen LogP contribution in [0.5, 0.6) is 5.75 Å². The van der Waals surface area contributed by atoms with Crippen LogP contribution in [0.4, 0.5) is 5.95 Å². The molecule has 2 aromatic carbocycles. The van der Waals surface area contributed by atoms with Gasteiger partial charge >= 0.3 is 0 Å². The number of aromatic nitrogens is 2. The summed E-state index contributed by atoms with van der Waals surface area (Å²) in [6.07, 6.45) is 0.864. The second-order valence-electron chi connectivity index (χ2n) is 7.53. The van der Waals surface area contributed by atoms with Crippen LogP contribution in [-0.4, -0.2) is 61.1 Å². The quantitative estimate of drug-likeness (QED) is 0.635. The van der Waals surface area contributed by atoms with E-state index in [1.165, 1.54) is 0 Å². The van der Waals surface area contributed by atoms with Crippen LogP contribution in [0.3, 0.4) is 0 Å². The molecule has 0 bridgehead atoms. The molecule has 3 heterocycles. The Kier molecular flexibility index (Phi) is 5.02. The molecule has 1 atom stereocenters. The maximum absolute atomic E-state index is 5.46. The van der Waals surface area contributed by atoms with Gasteiger partial charge in [0.05, 0.1) is 31.5 Å². The molecule has 0 saturated carbocycles. The van der Waals surface area contributed by atoms with E-state index in [-0.39, 0.29) is 6.17 Å². The lowest BCUT2D eigenvalue weighted by molar-refractivity contribution is 0.171. The second-order valence-corrected chi connectivity index (χ2v) is 7.53. The molecule has 5 rings (SSSR count). The monoisotopic (exact) mass is 406 g/mol. The molecule has 0 unspecified atom stereocenters. The number of para-hydroxylation sites is 2. The van der Waals surface area contributed by atoms with E-state index in [0.717, 1.165) is 60.5 Å². The Bertz CT molecular complexity index is 1080. The van der Waals surface area contributed by atoms with E-state index in [1.807, 2.05) is 18.2 Å². The van der Waals surface area contributed by atoms with Crippen LogP contribution in [0.2, 0.25) is 0 Å². The van der Waals surface area contributed by atoms with Gasteiger partial charge in [-0.25, -0.2) is 9.98 Å². The zero-order chi connectivity index (χ0) is 20.5. The molecule has 0 spiro atoms. The third-order valence-electron chi connectivity index (χ3n) is 5.59. The first-order chi connectivity index (χ1) is 14.8. The Morgan fingerprint density at radius 3 is 2.90 bits per heavy atom. The van der Waals surface area contributed by atoms with E-state index in [0.29, 0.717) is 6.67 Å². The average molecular weight is 406 g/mol. The van der Waals surface area contributed by atoms with Crippen LogP contribution in [0.15, 0.2) is 53.5 Å². The van der Waals surface area contributed by atoms with Crippen LogP contribution in [0.25, 0.3) is 11.0 Å². The average Bonchev–Trinajstić information content (AvgIpc) is 3.19. The number of anilines is 1. The predicted molar refractivity (Wildman–Crippen MR) is 117 cm³/mol. The third kappa shape index (κ3) is 3.28. The minimum atomic E-state index is -0.113. The van der Waals surface area contributed by atoms with Gasteiger partial charge in [-0.1, -0.05) is 24.3 Å². The largest absolute Gasteiger partial charge is 0.497 e. The molecule has 3 aromatic rings. The molecule has 0 radical (unpaired) electrons. The molecular weight excluding hydrogens is 380 g/mol. The van der Waals surface area contributed by atoms with Gasteiger partial charge in [0.15, 0.2) is 0 Å². The first-order valence-electron chi connectivity index (χ1n) is 10.2. The van der Waals surface area contributed by atoms with Crippen molar-refractivity contribution in [2.24, 2.45) is 4.99 Å². The number of hydrogen-bond donors (Lipinski definition) is 1. The Morgan fingerprint density at radius 1 is 1.13 bits per heavy atom. The maximum Gasteiger partial charge on any atom is 0.216 e. The van der Waals surface area contributed by atoms with Crippen LogP contribution < -0.4 is 15.0 Å². The number of imidazole rings is 1. The summed E-state index contributed by atoms with van der Waals surface area (Å²) < 4.78 is 12.9. The van der Waals surface area contributed by atoms with Gasteiger partial charge in [-0.3, -0.25) is 14.4 Å². The minimum Gasteiger partial charge on any atom is -0.497 e. The normalized spacial score (nSPS) is 18.5. The number of nitrogens with zero attached hydrogens (tertiary/aromatic N) is 5. The third-order valence-corrected chi connectivity index (χ3v) is 5.59. The number of hydrogen-bond acceptors (Lipinski definition) is 7. The smallest absolute Gasteiger partial charge is 0.216 e. The highest BCUT2D eigenvalue weighted by atomic mass is 16.5. The minimum absolute atomic E-state index is 0.113. The lowest BCUT2D eigenvalue weighted by atomic mass is 10.1. The number of nitrogens with one attached hydrogen (secondary N) is 1. The van der Waals surface area contributed by atoms with Gasteiger partial charge in [0, 0.05) is 20.3 Å². The van der Waals surface area contributed by atoms with Crippen LogP contribution >= 0.6 is 0 Å². The highest BCUT2D eigenvalue weighted by Gasteiger charge is 2.35. The van der Waals surface area contributed by atoms with E-state index >= 15 is 0 Å². The van der Waals surface area contributed by atoms with E-state index in [9.17, 15) is 0 Å². The van der Waals surface area contributed by atoms with Gasteiger partial charge in [0.2, 0.25) is 11.9 Å². The zero-order valence-electron chi connectivity index (χ0n) is 17.3. The first kappa shape index (κ1) is 18.9. The summed E-state index contributed by atoms with van der Waals surface area (Å²) in [5, 5.41) is 3.64. The summed E-state index contributed by atoms with van der Waals surface area (Å²) in [5.74, 6) is 2.59. The van der Waals surface area contributed by atoms with E-state index < -0.39 is 0 Å². The van der Waals surface area contributed by atoms with Crippen LogP contribution in [-0.2, 0) is 4.74 Å². The molecule has 30 heavy (non-hydrogen) atoms. The summed E-state index contributed by atoms with van der Waals surface area (Å²) in [6, 6.07) is 16.4. The second kappa shape index (κ2) is 7.97. The molecule has 2 aliphatic rings. The Balaban J connectivity index is 1.57. The van der Waals surface area contributed by atoms with Gasteiger partial charge in [-0.2, -0.15) is 0 Å². The summed E-state index contributed by atoms with van der Waals surface area (Å²) >= 11 is 0. The van der Waals surface area contributed by atoms with Crippen molar-refractivity contribution in [3.8, 4) is 5.75 Å². The molecule has 8 heteroatoms. The molecule has 8 nitrogen and oxygen atoms in total. The molecule has 156 valence electrons. The molecule has 0 aliphatic carbocycles. The SMILES string of the molecule is COCCCN1CN=C2N[C@@H](c3cccc(OC)c3)n3c(nc4ccccc43)N2C1. The van der Waals surface area contributed by atoms with Gasteiger partial charge in [-0.15, -0.1) is 0 Å². The standard InChI is InChI=1S/C22H26N6O2/c1-29-12-6-11-26-14-23-21-25-20(16-7-5-8-17(13-16)30-2)28-19-10-4-3-9-18(19)24-22(28)27(21)15-26/h3-5,7-10,13,20H,6,11-12,14-15H2,1-2H3,(H,23,25)/t20-/m1/s1. The highest BCUT2D eigenvalue weighted by Crippen LogP contribution is 2.34.